The first-order valence-electron chi connectivity index (χ1n) is 5.53. The summed E-state index contributed by atoms with van der Waals surface area (Å²) in [6.45, 7) is 1.97. The smallest absolute Gasteiger partial charge is 0.217 e. The van der Waals surface area contributed by atoms with Crippen LogP contribution in [0.25, 0.3) is 0 Å². The highest BCUT2D eigenvalue weighted by atomic mass is 16.6. The van der Waals surface area contributed by atoms with E-state index in [0.717, 1.165) is 0 Å². The number of carbonyl (C=O) groups is 2. The average Bonchev–Trinajstić information content (AvgIpc) is 2.27. The fourth-order valence-corrected chi connectivity index (χ4v) is 1.92. The van der Waals surface area contributed by atoms with E-state index in [9.17, 15) is 19.8 Å². The summed E-state index contributed by atoms with van der Waals surface area (Å²) in [7, 11) is 0. The van der Waals surface area contributed by atoms with Crippen LogP contribution in [0, 0.1) is 0 Å². The van der Waals surface area contributed by atoms with Crippen LogP contribution < -0.4 is 10.6 Å². The molecule has 18 heavy (non-hydrogen) atoms. The number of amides is 2. The summed E-state index contributed by atoms with van der Waals surface area (Å²) in [6, 6.07) is -1.92. The molecular weight excluding hydrogens is 244 g/mol. The van der Waals surface area contributed by atoms with Gasteiger partial charge in [0, 0.05) is 13.8 Å². The minimum atomic E-state index is -1.42. The number of hydrogen-bond acceptors (Lipinski definition) is 6. The molecule has 0 aromatic rings. The van der Waals surface area contributed by atoms with Crippen molar-refractivity contribution in [1.29, 1.82) is 0 Å². The Labute approximate surface area is 104 Å². The van der Waals surface area contributed by atoms with E-state index >= 15 is 0 Å². The van der Waals surface area contributed by atoms with Crippen molar-refractivity contribution < 1.29 is 29.6 Å². The van der Waals surface area contributed by atoms with Crippen molar-refractivity contribution in [2.24, 2.45) is 0 Å². The highest BCUT2D eigenvalue weighted by molar-refractivity contribution is 5.75. The minimum absolute atomic E-state index is 0.430. The van der Waals surface area contributed by atoms with E-state index < -0.39 is 49.0 Å². The quantitative estimate of drug-likeness (QED) is 0.370. The summed E-state index contributed by atoms with van der Waals surface area (Å²) >= 11 is 0. The van der Waals surface area contributed by atoms with Gasteiger partial charge in [-0.1, -0.05) is 0 Å². The molecule has 5 unspecified atom stereocenters. The molecule has 0 aliphatic carbocycles. The zero-order valence-electron chi connectivity index (χ0n) is 10.2. The first-order chi connectivity index (χ1) is 8.36. The first-order valence-corrected chi connectivity index (χ1v) is 5.53. The number of rotatable bonds is 3. The molecule has 0 radical (unpaired) electrons. The Hall–Kier alpha value is -1.22. The summed E-state index contributed by atoms with van der Waals surface area (Å²) in [6.07, 6.45) is -3.69. The number of hydrogen-bond donors (Lipinski definition) is 5. The lowest BCUT2D eigenvalue weighted by Gasteiger charge is -2.42. The topological polar surface area (TPSA) is 128 Å². The van der Waals surface area contributed by atoms with Gasteiger partial charge in [0.05, 0.1) is 12.6 Å². The van der Waals surface area contributed by atoms with Crippen LogP contribution in [-0.2, 0) is 14.3 Å². The summed E-state index contributed by atoms with van der Waals surface area (Å²) < 4.78 is 4.96. The van der Waals surface area contributed by atoms with Crippen molar-refractivity contribution in [2.75, 3.05) is 6.61 Å². The lowest BCUT2D eigenvalue weighted by molar-refractivity contribution is -0.230. The van der Waals surface area contributed by atoms with Gasteiger partial charge in [-0.2, -0.15) is 0 Å². The van der Waals surface area contributed by atoms with Crippen molar-refractivity contribution >= 4 is 11.8 Å². The number of aliphatic hydroxyl groups is 3. The third kappa shape index (κ3) is 3.39. The Bertz CT molecular complexity index is 323. The van der Waals surface area contributed by atoms with Gasteiger partial charge in [-0.25, -0.2) is 0 Å². The Morgan fingerprint density at radius 3 is 2.06 bits per heavy atom. The Kier molecular flexibility index (Phi) is 5.03. The number of nitrogens with one attached hydrogen (secondary N) is 2. The Morgan fingerprint density at radius 2 is 1.61 bits per heavy atom. The lowest BCUT2D eigenvalue weighted by atomic mass is 9.94. The van der Waals surface area contributed by atoms with E-state index in [1.165, 1.54) is 13.8 Å². The lowest BCUT2D eigenvalue weighted by Crippen LogP contribution is -2.68. The highest BCUT2D eigenvalue weighted by Gasteiger charge is 2.45. The van der Waals surface area contributed by atoms with E-state index in [0.29, 0.717) is 0 Å². The molecule has 0 saturated carbocycles. The first kappa shape index (κ1) is 14.8. The van der Waals surface area contributed by atoms with Crippen molar-refractivity contribution in [1.82, 2.24) is 10.6 Å². The molecule has 0 aromatic carbocycles. The largest absolute Gasteiger partial charge is 0.394 e. The second-order valence-corrected chi connectivity index (χ2v) is 4.19. The van der Waals surface area contributed by atoms with Gasteiger partial charge in [-0.15, -0.1) is 0 Å². The van der Waals surface area contributed by atoms with Gasteiger partial charge in [-0.05, 0) is 0 Å². The maximum atomic E-state index is 11.1. The molecule has 104 valence electrons. The second-order valence-electron chi connectivity index (χ2n) is 4.19. The van der Waals surface area contributed by atoms with Gasteiger partial charge in [0.15, 0.2) is 6.29 Å². The maximum Gasteiger partial charge on any atom is 0.217 e. The third-order valence-electron chi connectivity index (χ3n) is 2.68. The van der Waals surface area contributed by atoms with Crippen molar-refractivity contribution in [3.05, 3.63) is 0 Å². The molecule has 8 nitrogen and oxygen atoms in total. The minimum Gasteiger partial charge on any atom is -0.394 e. The van der Waals surface area contributed by atoms with Crippen molar-refractivity contribution in [3.8, 4) is 0 Å². The summed E-state index contributed by atoms with van der Waals surface area (Å²) in [5, 5.41) is 33.4. The molecule has 1 aliphatic rings. The van der Waals surface area contributed by atoms with Gasteiger partial charge >= 0.3 is 0 Å². The van der Waals surface area contributed by atoms with Crippen LogP contribution >= 0.6 is 0 Å². The molecule has 1 fully saturated rings. The van der Waals surface area contributed by atoms with Gasteiger partial charge in [-0.3, -0.25) is 9.59 Å². The summed E-state index contributed by atoms with van der Waals surface area (Å²) in [5.41, 5.74) is 0. The Morgan fingerprint density at radius 1 is 1.11 bits per heavy atom. The van der Waals surface area contributed by atoms with Gasteiger partial charge < -0.3 is 30.7 Å². The van der Waals surface area contributed by atoms with Crippen molar-refractivity contribution in [3.63, 3.8) is 0 Å². The van der Waals surface area contributed by atoms with Crippen LogP contribution in [0.15, 0.2) is 0 Å². The van der Waals surface area contributed by atoms with E-state index in [1.54, 1.807) is 0 Å². The SMILES string of the molecule is CC(=O)NC1C(O)OC(CO)C(O)C1NC(C)=O. The zero-order chi connectivity index (χ0) is 13.9. The summed E-state index contributed by atoms with van der Waals surface area (Å²) in [5.74, 6) is -0.868. The Balaban J connectivity index is 2.89. The van der Waals surface area contributed by atoms with Crippen LogP contribution in [-0.4, -0.2) is 64.3 Å². The van der Waals surface area contributed by atoms with Crippen LogP contribution in [0.2, 0.25) is 0 Å². The molecular formula is C10H18N2O6. The van der Waals surface area contributed by atoms with Gasteiger partial charge in [0.1, 0.15) is 18.2 Å². The molecule has 5 atom stereocenters. The molecule has 0 bridgehead atoms. The fourth-order valence-electron chi connectivity index (χ4n) is 1.92. The molecule has 2 amide bonds. The third-order valence-corrected chi connectivity index (χ3v) is 2.68. The number of carbonyl (C=O) groups excluding carboxylic acids is 2. The molecule has 1 heterocycles. The average molecular weight is 262 g/mol. The van der Waals surface area contributed by atoms with E-state index in [1.807, 2.05) is 0 Å². The van der Waals surface area contributed by atoms with E-state index in [2.05, 4.69) is 10.6 Å². The van der Waals surface area contributed by atoms with Gasteiger partial charge in [0.2, 0.25) is 11.8 Å². The standard InChI is InChI=1S/C10H18N2O6/c1-4(14)11-7-8(12-5(2)15)10(17)18-6(3-13)9(7)16/h6-10,13,16-17H,3H2,1-2H3,(H,11,14)(H,12,15). The predicted octanol–water partition coefficient (Wildman–Crippen LogP) is -2.93. The monoisotopic (exact) mass is 262 g/mol. The van der Waals surface area contributed by atoms with Crippen LogP contribution in [0.3, 0.4) is 0 Å². The number of aliphatic hydroxyl groups excluding tert-OH is 3. The zero-order valence-corrected chi connectivity index (χ0v) is 10.2. The molecule has 1 rings (SSSR count). The molecule has 8 heteroatoms. The van der Waals surface area contributed by atoms with Crippen LogP contribution in [0.5, 0.6) is 0 Å². The van der Waals surface area contributed by atoms with Crippen molar-refractivity contribution in [2.45, 2.75) is 44.4 Å². The van der Waals surface area contributed by atoms with Gasteiger partial charge in [0.25, 0.3) is 0 Å². The summed E-state index contributed by atoms with van der Waals surface area (Å²) in [4.78, 5) is 22.1. The molecule has 1 aliphatic heterocycles. The normalized spacial score (nSPS) is 35.9. The molecule has 0 spiro atoms. The van der Waals surface area contributed by atoms with Crippen LogP contribution in [0.1, 0.15) is 13.8 Å². The second kappa shape index (κ2) is 6.10. The van der Waals surface area contributed by atoms with E-state index in [-0.39, 0.29) is 0 Å². The number of ether oxygens (including phenoxy) is 1. The van der Waals surface area contributed by atoms with E-state index in [4.69, 9.17) is 9.84 Å². The molecule has 5 N–H and O–H groups in total. The molecule has 0 aromatic heterocycles. The fraction of sp³-hybridized carbons (Fsp3) is 0.800. The predicted molar refractivity (Wildman–Crippen MR) is 59.2 cm³/mol. The maximum absolute atomic E-state index is 11.1. The van der Waals surface area contributed by atoms with Crippen LogP contribution in [0.4, 0.5) is 0 Å². The highest BCUT2D eigenvalue weighted by Crippen LogP contribution is 2.19. The molecule has 1 saturated heterocycles.